The van der Waals surface area contributed by atoms with Crippen molar-refractivity contribution in [2.75, 3.05) is 13.6 Å². The molecule has 0 atom stereocenters. The van der Waals surface area contributed by atoms with Gasteiger partial charge in [0.1, 0.15) is 0 Å². The van der Waals surface area contributed by atoms with Crippen LogP contribution in [-0.2, 0) is 18.4 Å². The monoisotopic (exact) mass is 278 g/mol. The normalized spacial score (nSPS) is 16.1. The fourth-order valence-corrected chi connectivity index (χ4v) is 2.96. The Balaban J connectivity index is 1.85. The number of hydrogen-bond acceptors (Lipinski definition) is 3. The highest BCUT2D eigenvalue weighted by Gasteiger charge is 2.18. The first-order valence-corrected chi connectivity index (χ1v) is 7.44. The Hall–Kier alpha value is -1.36. The number of likely N-dealkylation sites (N-methyl/N-ethyl adjacent to an activating group) is 1. The minimum atomic E-state index is 0.138. The molecule has 5 heteroatoms. The van der Waals surface area contributed by atoms with Crippen LogP contribution in [0.1, 0.15) is 42.6 Å². The average molecular weight is 278 g/mol. The van der Waals surface area contributed by atoms with Crippen LogP contribution >= 0.6 is 0 Å². The van der Waals surface area contributed by atoms with E-state index < -0.39 is 0 Å². The number of amides is 1. The Morgan fingerprint density at radius 3 is 2.60 bits per heavy atom. The molecule has 0 radical (unpaired) electrons. The van der Waals surface area contributed by atoms with Gasteiger partial charge in [-0.3, -0.25) is 14.4 Å². The van der Waals surface area contributed by atoms with E-state index in [4.69, 9.17) is 0 Å². The zero-order valence-corrected chi connectivity index (χ0v) is 13.1. The summed E-state index contributed by atoms with van der Waals surface area (Å²) in [7, 11) is 3.94. The topological polar surface area (TPSA) is 50.2 Å². The molecule has 1 aromatic heterocycles. The first kappa shape index (κ1) is 15.0. The zero-order chi connectivity index (χ0) is 14.7. The van der Waals surface area contributed by atoms with E-state index in [0.717, 1.165) is 25.1 Å². The van der Waals surface area contributed by atoms with Crippen molar-refractivity contribution in [1.82, 2.24) is 20.0 Å². The molecule has 1 saturated carbocycles. The van der Waals surface area contributed by atoms with Gasteiger partial charge in [-0.05, 0) is 33.7 Å². The third-order valence-corrected chi connectivity index (χ3v) is 4.22. The third kappa shape index (κ3) is 3.60. The summed E-state index contributed by atoms with van der Waals surface area (Å²) in [5, 5.41) is 7.54. The molecule has 112 valence electrons. The number of aryl methyl sites for hydroxylation is 2. The summed E-state index contributed by atoms with van der Waals surface area (Å²) in [5.74, 6) is 0.138. The summed E-state index contributed by atoms with van der Waals surface area (Å²) in [6, 6.07) is 0.401. The van der Waals surface area contributed by atoms with E-state index >= 15 is 0 Å². The van der Waals surface area contributed by atoms with E-state index in [0.29, 0.717) is 12.6 Å². The quantitative estimate of drug-likeness (QED) is 0.888. The van der Waals surface area contributed by atoms with Crippen LogP contribution in [0, 0.1) is 13.8 Å². The second-order valence-electron chi connectivity index (χ2n) is 5.99. The Bertz CT molecular complexity index is 474. The van der Waals surface area contributed by atoms with E-state index in [1.54, 1.807) is 0 Å². The Kier molecular flexibility index (Phi) is 4.81. The van der Waals surface area contributed by atoms with Gasteiger partial charge >= 0.3 is 0 Å². The van der Waals surface area contributed by atoms with Gasteiger partial charge in [-0.25, -0.2) is 0 Å². The van der Waals surface area contributed by atoms with E-state index in [9.17, 15) is 4.79 Å². The minimum absolute atomic E-state index is 0.138. The van der Waals surface area contributed by atoms with Crippen LogP contribution in [0.4, 0.5) is 0 Å². The van der Waals surface area contributed by atoms with Crippen LogP contribution in [0.15, 0.2) is 0 Å². The van der Waals surface area contributed by atoms with Gasteiger partial charge in [-0.1, -0.05) is 12.8 Å². The Labute approximate surface area is 121 Å². The lowest BCUT2D eigenvalue weighted by Crippen LogP contribution is -2.39. The number of aromatic nitrogens is 2. The lowest BCUT2D eigenvalue weighted by atomic mass is 10.2. The number of nitrogens with zero attached hydrogens (tertiary/aromatic N) is 3. The lowest BCUT2D eigenvalue weighted by molar-refractivity contribution is -0.122. The van der Waals surface area contributed by atoms with Crippen LogP contribution in [-0.4, -0.2) is 40.2 Å². The number of rotatable bonds is 5. The highest BCUT2D eigenvalue weighted by atomic mass is 16.2. The molecule has 1 aromatic rings. The average Bonchev–Trinajstić information content (AvgIpc) is 2.94. The molecule has 1 aliphatic rings. The molecule has 1 aliphatic carbocycles. The second-order valence-corrected chi connectivity index (χ2v) is 5.99. The molecule has 0 unspecified atom stereocenters. The molecule has 5 nitrogen and oxygen atoms in total. The van der Waals surface area contributed by atoms with Crippen LogP contribution in [0.5, 0.6) is 0 Å². The molecular formula is C15H26N4O. The molecule has 2 rings (SSSR count). The largest absolute Gasteiger partial charge is 0.352 e. The smallest absolute Gasteiger partial charge is 0.234 e. The zero-order valence-electron chi connectivity index (χ0n) is 13.1. The van der Waals surface area contributed by atoms with E-state index in [2.05, 4.69) is 22.2 Å². The molecule has 0 aromatic carbocycles. The second kappa shape index (κ2) is 6.39. The Morgan fingerprint density at radius 2 is 2.05 bits per heavy atom. The van der Waals surface area contributed by atoms with E-state index in [-0.39, 0.29) is 5.91 Å². The van der Waals surface area contributed by atoms with Gasteiger partial charge < -0.3 is 5.32 Å². The van der Waals surface area contributed by atoms with Gasteiger partial charge in [-0.2, -0.15) is 5.10 Å². The van der Waals surface area contributed by atoms with Crippen molar-refractivity contribution in [2.45, 2.75) is 52.1 Å². The third-order valence-electron chi connectivity index (χ3n) is 4.22. The van der Waals surface area contributed by atoms with E-state index in [1.807, 2.05) is 25.7 Å². The SMILES string of the molecule is Cc1nn(C)c(C)c1CN(C)CC(=O)NC1CCCC1. The lowest BCUT2D eigenvalue weighted by Gasteiger charge is -2.18. The Morgan fingerprint density at radius 1 is 1.40 bits per heavy atom. The number of nitrogens with one attached hydrogen (secondary N) is 1. The minimum Gasteiger partial charge on any atom is -0.352 e. The molecular weight excluding hydrogens is 252 g/mol. The number of hydrogen-bond donors (Lipinski definition) is 1. The molecule has 20 heavy (non-hydrogen) atoms. The summed E-state index contributed by atoms with van der Waals surface area (Å²) < 4.78 is 1.90. The van der Waals surface area contributed by atoms with Crippen molar-refractivity contribution in [2.24, 2.45) is 7.05 Å². The maximum atomic E-state index is 12.0. The molecule has 0 bridgehead atoms. The molecule has 1 fully saturated rings. The molecule has 0 aliphatic heterocycles. The van der Waals surface area contributed by atoms with Crippen LogP contribution in [0.2, 0.25) is 0 Å². The molecule has 0 spiro atoms. The molecule has 1 amide bonds. The predicted octanol–water partition coefficient (Wildman–Crippen LogP) is 1.53. The van der Waals surface area contributed by atoms with Crippen molar-refractivity contribution in [3.63, 3.8) is 0 Å². The van der Waals surface area contributed by atoms with Gasteiger partial charge in [0.25, 0.3) is 0 Å². The van der Waals surface area contributed by atoms with Crippen LogP contribution in [0.25, 0.3) is 0 Å². The fraction of sp³-hybridized carbons (Fsp3) is 0.733. The van der Waals surface area contributed by atoms with Crippen LogP contribution < -0.4 is 5.32 Å². The maximum absolute atomic E-state index is 12.0. The summed E-state index contributed by atoms with van der Waals surface area (Å²) in [6.07, 6.45) is 4.76. The summed E-state index contributed by atoms with van der Waals surface area (Å²) in [6.45, 7) is 5.31. The molecule has 0 saturated heterocycles. The maximum Gasteiger partial charge on any atom is 0.234 e. The number of carbonyl (C=O) groups excluding carboxylic acids is 1. The summed E-state index contributed by atoms with van der Waals surface area (Å²) in [5.41, 5.74) is 3.45. The summed E-state index contributed by atoms with van der Waals surface area (Å²) in [4.78, 5) is 14.1. The van der Waals surface area contributed by atoms with Crippen molar-refractivity contribution in [1.29, 1.82) is 0 Å². The van der Waals surface area contributed by atoms with Crippen molar-refractivity contribution < 1.29 is 4.79 Å². The van der Waals surface area contributed by atoms with Gasteiger partial charge in [0.15, 0.2) is 0 Å². The van der Waals surface area contributed by atoms with Crippen LogP contribution in [0.3, 0.4) is 0 Å². The first-order chi connectivity index (χ1) is 9.47. The van der Waals surface area contributed by atoms with Gasteiger partial charge in [0.05, 0.1) is 12.2 Å². The predicted molar refractivity (Wildman–Crippen MR) is 79.4 cm³/mol. The fourth-order valence-electron chi connectivity index (χ4n) is 2.96. The van der Waals surface area contributed by atoms with Gasteiger partial charge in [0, 0.05) is 30.9 Å². The molecule has 1 heterocycles. The van der Waals surface area contributed by atoms with E-state index in [1.165, 1.54) is 24.1 Å². The van der Waals surface area contributed by atoms with Gasteiger partial charge in [0.2, 0.25) is 5.91 Å². The van der Waals surface area contributed by atoms with Crippen molar-refractivity contribution >= 4 is 5.91 Å². The highest BCUT2D eigenvalue weighted by molar-refractivity contribution is 5.78. The van der Waals surface area contributed by atoms with Gasteiger partial charge in [-0.15, -0.1) is 0 Å². The standard InChI is InChI=1S/C15H26N4O/c1-11-14(12(2)19(4)17-11)9-18(3)10-15(20)16-13-7-5-6-8-13/h13H,5-10H2,1-4H3,(H,16,20). The molecule has 1 N–H and O–H groups in total. The van der Waals surface area contributed by atoms with Crippen molar-refractivity contribution in [3.05, 3.63) is 17.0 Å². The number of carbonyl (C=O) groups is 1. The first-order valence-electron chi connectivity index (χ1n) is 7.44. The summed E-state index contributed by atoms with van der Waals surface area (Å²) >= 11 is 0. The highest BCUT2D eigenvalue weighted by Crippen LogP contribution is 2.17. The van der Waals surface area contributed by atoms with Crippen molar-refractivity contribution in [3.8, 4) is 0 Å².